The number of ether oxygens (including phenoxy) is 1. The molecule has 23 heavy (non-hydrogen) atoms. The van der Waals surface area contributed by atoms with E-state index in [0.29, 0.717) is 31.0 Å². The molecule has 0 saturated carbocycles. The first-order valence-corrected chi connectivity index (χ1v) is 7.84. The molecule has 0 spiro atoms. The summed E-state index contributed by atoms with van der Waals surface area (Å²) in [6.07, 6.45) is 1.90. The van der Waals surface area contributed by atoms with Crippen molar-refractivity contribution < 1.29 is 19.2 Å². The predicted molar refractivity (Wildman–Crippen MR) is 86.0 cm³/mol. The van der Waals surface area contributed by atoms with Crippen molar-refractivity contribution in [3.05, 3.63) is 24.5 Å². The van der Waals surface area contributed by atoms with Crippen LogP contribution in [0.1, 0.15) is 39.4 Å². The number of rotatable bonds is 7. The molecular weight excluding hydrogens is 298 g/mol. The molecule has 3 unspecified atom stereocenters. The average Bonchev–Trinajstić information content (AvgIpc) is 3.11. The predicted octanol–water partition coefficient (Wildman–Crippen LogP) is 2.47. The van der Waals surface area contributed by atoms with Crippen molar-refractivity contribution in [1.82, 2.24) is 10.1 Å². The fourth-order valence-corrected chi connectivity index (χ4v) is 2.80. The van der Waals surface area contributed by atoms with Crippen molar-refractivity contribution in [3.8, 4) is 0 Å². The van der Waals surface area contributed by atoms with Gasteiger partial charge in [0.2, 0.25) is 0 Å². The number of urea groups is 1. The maximum atomic E-state index is 12.6. The van der Waals surface area contributed by atoms with Gasteiger partial charge in [0, 0.05) is 19.7 Å². The van der Waals surface area contributed by atoms with Crippen LogP contribution in [0, 0.1) is 0 Å². The lowest BCUT2D eigenvalue weighted by atomic mass is 10.00. The molecule has 1 aliphatic heterocycles. The van der Waals surface area contributed by atoms with Crippen LogP contribution in [-0.2, 0) is 10.3 Å². The Morgan fingerprint density at radius 2 is 2.26 bits per heavy atom. The van der Waals surface area contributed by atoms with Gasteiger partial charge >= 0.3 is 6.03 Å². The lowest BCUT2D eigenvalue weighted by Crippen LogP contribution is -2.37. The van der Waals surface area contributed by atoms with Crippen LogP contribution in [0.2, 0.25) is 0 Å². The Labute approximate surface area is 136 Å². The van der Waals surface area contributed by atoms with E-state index in [1.807, 2.05) is 20.8 Å². The number of hydrogen-bond acceptors (Lipinski definition) is 5. The third-order valence-electron chi connectivity index (χ3n) is 4.60. The molecule has 128 valence electrons. The number of aliphatic hydroxyl groups excluding tert-OH is 1. The highest BCUT2D eigenvalue weighted by Crippen LogP contribution is 2.34. The molecule has 2 heterocycles. The molecule has 0 bridgehead atoms. The third kappa shape index (κ3) is 2.86. The summed E-state index contributed by atoms with van der Waals surface area (Å²) in [7, 11) is 1.60. The minimum Gasteiger partial charge on any atom is -0.371 e. The van der Waals surface area contributed by atoms with E-state index in [1.54, 1.807) is 24.2 Å². The Balaban J connectivity index is 2.33. The van der Waals surface area contributed by atoms with Crippen LogP contribution < -0.4 is 4.90 Å². The summed E-state index contributed by atoms with van der Waals surface area (Å²) in [5.41, 5.74) is -0.621. The van der Waals surface area contributed by atoms with Gasteiger partial charge in [-0.3, -0.25) is 0 Å². The molecule has 1 aromatic rings. The van der Waals surface area contributed by atoms with Gasteiger partial charge in [-0.2, -0.15) is 0 Å². The number of carbonyl (C=O) groups is 1. The number of methoxy groups -OCH3 is 1. The van der Waals surface area contributed by atoms with Crippen molar-refractivity contribution >= 4 is 11.8 Å². The molecule has 0 aromatic carbocycles. The van der Waals surface area contributed by atoms with Crippen molar-refractivity contribution in [1.29, 1.82) is 0 Å². The van der Waals surface area contributed by atoms with E-state index in [0.717, 1.165) is 0 Å². The van der Waals surface area contributed by atoms with E-state index in [2.05, 4.69) is 11.7 Å². The van der Waals surface area contributed by atoms with E-state index < -0.39 is 11.8 Å². The molecule has 1 N–H and O–H groups in total. The molecular formula is C16H25N3O4. The molecule has 1 aliphatic rings. The minimum atomic E-state index is -0.992. The zero-order valence-corrected chi connectivity index (χ0v) is 14.2. The molecule has 7 heteroatoms. The molecule has 7 nitrogen and oxygen atoms in total. The maximum absolute atomic E-state index is 12.6. The normalized spacial score (nSPS) is 24.1. The largest absolute Gasteiger partial charge is 0.371 e. The van der Waals surface area contributed by atoms with Crippen molar-refractivity contribution in [2.45, 2.75) is 51.5 Å². The second-order valence-corrected chi connectivity index (χ2v) is 5.78. The maximum Gasteiger partial charge on any atom is 0.328 e. The Kier molecular flexibility index (Phi) is 5.11. The first-order chi connectivity index (χ1) is 10.9. The van der Waals surface area contributed by atoms with E-state index >= 15 is 0 Å². The van der Waals surface area contributed by atoms with Gasteiger partial charge in [-0.1, -0.05) is 18.2 Å². The summed E-state index contributed by atoms with van der Waals surface area (Å²) in [5.74, 6) is 0.812. The highest BCUT2D eigenvalue weighted by atomic mass is 16.5. The number of anilines is 1. The van der Waals surface area contributed by atoms with Crippen LogP contribution in [-0.4, -0.2) is 47.1 Å². The van der Waals surface area contributed by atoms with Gasteiger partial charge in [0.25, 0.3) is 0 Å². The second-order valence-electron chi connectivity index (χ2n) is 5.78. The van der Waals surface area contributed by atoms with E-state index in [-0.39, 0.29) is 12.1 Å². The van der Waals surface area contributed by atoms with Gasteiger partial charge in [0.15, 0.2) is 17.8 Å². The molecule has 0 aliphatic carbocycles. The van der Waals surface area contributed by atoms with Crippen LogP contribution in [0.3, 0.4) is 0 Å². The summed E-state index contributed by atoms with van der Waals surface area (Å²) < 4.78 is 10.8. The fourth-order valence-electron chi connectivity index (χ4n) is 2.80. The molecule has 2 rings (SSSR count). The van der Waals surface area contributed by atoms with Crippen LogP contribution in [0.4, 0.5) is 10.6 Å². The highest BCUT2D eigenvalue weighted by molar-refractivity contribution is 5.94. The molecule has 1 aromatic heterocycles. The van der Waals surface area contributed by atoms with E-state index in [4.69, 9.17) is 9.26 Å². The van der Waals surface area contributed by atoms with Gasteiger partial charge in [-0.05, 0) is 26.7 Å². The van der Waals surface area contributed by atoms with Crippen molar-refractivity contribution in [2.24, 2.45) is 0 Å². The van der Waals surface area contributed by atoms with Crippen LogP contribution in [0.25, 0.3) is 0 Å². The standard InChI is InChI=1S/C16H25N3O4/c1-6-9-11-14(20)19(15(21)18(11)8-3)13-10-12(23-17-13)16(4,7-2)22-5/h6,10-11,14,20H,1,7-9H2,2-5H3. The van der Waals surface area contributed by atoms with Gasteiger partial charge in [0.1, 0.15) is 5.60 Å². The van der Waals surface area contributed by atoms with Gasteiger partial charge in [-0.15, -0.1) is 6.58 Å². The zero-order chi connectivity index (χ0) is 17.2. The number of hydrogen-bond donors (Lipinski definition) is 1. The fraction of sp³-hybridized carbons (Fsp3) is 0.625. The molecule has 1 fully saturated rings. The summed E-state index contributed by atoms with van der Waals surface area (Å²) in [6, 6.07) is 1.02. The summed E-state index contributed by atoms with van der Waals surface area (Å²) >= 11 is 0. The monoisotopic (exact) mass is 323 g/mol. The van der Waals surface area contributed by atoms with Gasteiger partial charge < -0.3 is 19.3 Å². The van der Waals surface area contributed by atoms with E-state index in [1.165, 1.54) is 4.90 Å². The average molecular weight is 323 g/mol. The van der Waals surface area contributed by atoms with Crippen LogP contribution >= 0.6 is 0 Å². The minimum absolute atomic E-state index is 0.290. The third-order valence-corrected chi connectivity index (χ3v) is 4.60. The first kappa shape index (κ1) is 17.5. The van der Waals surface area contributed by atoms with Crippen molar-refractivity contribution in [3.63, 3.8) is 0 Å². The number of aliphatic hydroxyl groups is 1. The lowest BCUT2D eigenvalue weighted by molar-refractivity contribution is -0.0230. The second kappa shape index (κ2) is 6.72. The Bertz CT molecular complexity index is 567. The number of carbonyl (C=O) groups excluding carboxylic acids is 1. The lowest BCUT2D eigenvalue weighted by Gasteiger charge is -2.22. The topological polar surface area (TPSA) is 79.0 Å². The van der Waals surface area contributed by atoms with Crippen LogP contribution in [0.15, 0.2) is 23.2 Å². The number of nitrogens with zero attached hydrogens (tertiary/aromatic N) is 3. The quantitative estimate of drug-likeness (QED) is 0.780. The van der Waals surface area contributed by atoms with Crippen molar-refractivity contribution in [2.75, 3.05) is 18.6 Å². The number of aromatic nitrogens is 1. The van der Waals surface area contributed by atoms with Crippen LogP contribution in [0.5, 0.6) is 0 Å². The molecule has 3 atom stereocenters. The van der Waals surface area contributed by atoms with Gasteiger partial charge in [-0.25, -0.2) is 9.69 Å². The Morgan fingerprint density at radius 3 is 2.78 bits per heavy atom. The Hall–Kier alpha value is -1.86. The highest BCUT2D eigenvalue weighted by Gasteiger charge is 2.46. The van der Waals surface area contributed by atoms with E-state index in [9.17, 15) is 9.90 Å². The first-order valence-electron chi connectivity index (χ1n) is 7.84. The Morgan fingerprint density at radius 1 is 1.57 bits per heavy atom. The zero-order valence-electron chi connectivity index (χ0n) is 14.2. The summed E-state index contributed by atoms with van der Waals surface area (Å²) in [5, 5.41) is 14.5. The summed E-state index contributed by atoms with van der Waals surface area (Å²) in [6.45, 7) is 9.92. The number of likely N-dealkylation sites (N-methyl/N-ethyl adjacent to an activating group) is 1. The number of amides is 2. The molecule has 1 saturated heterocycles. The molecule has 0 radical (unpaired) electrons. The molecule has 2 amide bonds. The smallest absolute Gasteiger partial charge is 0.328 e. The SMILES string of the molecule is C=CCC1C(O)N(c2cc(C(C)(CC)OC)on2)C(=O)N1CC. The summed E-state index contributed by atoms with van der Waals surface area (Å²) in [4.78, 5) is 15.4. The van der Waals surface area contributed by atoms with Gasteiger partial charge in [0.05, 0.1) is 6.04 Å².